The van der Waals surface area contributed by atoms with Crippen LogP contribution in [0, 0.1) is 0 Å². The van der Waals surface area contributed by atoms with Crippen LogP contribution in [0.2, 0.25) is 0 Å². The number of hydrogen-bond acceptors (Lipinski definition) is 8. The Hall–Kier alpha value is -3.32. The highest BCUT2D eigenvalue weighted by molar-refractivity contribution is 5.89. The second-order valence-corrected chi connectivity index (χ2v) is 11.0. The molecule has 218 valence electrons. The second kappa shape index (κ2) is 12.9. The van der Waals surface area contributed by atoms with Gasteiger partial charge in [-0.05, 0) is 62.9 Å². The van der Waals surface area contributed by atoms with Gasteiger partial charge in [0.15, 0.2) is 0 Å². The number of nitrogens with one attached hydrogen (secondary N) is 1. The molecule has 1 atom stereocenters. The van der Waals surface area contributed by atoms with Gasteiger partial charge in [0, 0.05) is 51.0 Å². The normalized spacial score (nSPS) is 21.2. The molecule has 0 bridgehead atoms. The summed E-state index contributed by atoms with van der Waals surface area (Å²) in [5.41, 5.74) is 11.9. The van der Waals surface area contributed by atoms with E-state index in [1.807, 2.05) is 24.3 Å². The molecule has 1 saturated carbocycles. The Labute approximate surface area is 234 Å². The zero-order valence-corrected chi connectivity index (χ0v) is 23.5. The first-order chi connectivity index (χ1) is 19.1. The van der Waals surface area contributed by atoms with Crippen LogP contribution in [0.3, 0.4) is 0 Å². The number of rotatable bonds is 8. The number of aromatic nitrogens is 2. The van der Waals surface area contributed by atoms with E-state index < -0.39 is 23.9 Å². The monoisotopic (exact) mass is 554 g/mol. The molecule has 40 heavy (non-hydrogen) atoms. The Morgan fingerprint density at radius 2 is 1.70 bits per heavy atom. The van der Waals surface area contributed by atoms with Crippen molar-refractivity contribution in [3.8, 4) is 5.69 Å². The number of aliphatic hydroxyl groups is 1. The maximum absolute atomic E-state index is 12.8. The van der Waals surface area contributed by atoms with Gasteiger partial charge < -0.3 is 26.4 Å². The number of aliphatic hydroxyl groups excluding tert-OH is 1. The van der Waals surface area contributed by atoms with Gasteiger partial charge in [-0.1, -0.05) is 19.1 Å². The van der Waals surface area contributed by atoms with Gasteiger partial charge in [-0.15, -0.1) is 0 Å². The molecule has 1 aliphatic carbocycles. The molecule has 0 unspecified atom stereocenters. The third-order valence-electron chi connectivity index (χ3n) is 7.97. The summed E-state index contributed by atoms with van der Waals surface area (Å²) in [7, 11) is 0. The average molecular weight is 555 g/mol. The van der Waals surface area contributed by atoms with Crippen molar-refractivity contribution in [1.29, 1.82) is 0 Å². The maximum Gasteiger partial charge on any atom is 0.354 e. The van der Waals surface area contributed by atoms with Crippen LogP contribution in [0.25, 0.3) is 5.69 Å². The lowest BCUT2D eigenvalue weighted by Gasteiger charge is -2.37. The molecule has 1 saturated heterocycles. The Balaban J connectivity index is 1.32. The number of carbonyl (C=O) groups is 2. The minimum absolute atomic E-state index is 0.155. The van der Waals surface area contributed by atoms with Gasteiger partial charge in [0.25, 0.3) is 0 Å². The van der Waals surface area contributed by atoms with Crippen molar-refractivity contribution in [3.63, 3.8) is 0 Å². The average Bonchev–Trinajstić information content (AvgIpc) is 2.96. The molecule has 0 radical (unpaired) electrons. The summed E-state index contributed by atoms with van der Waals surface area (Å²) in [6.07, 6.45) is 6.00. The minimum Gasteiger partial charge on any atom is -0.394 e. The van der Waals surface area contributed by atoms with E-state index in [4.69, 9.17) is 11.5 Å². The number of nitrogens with zero attached hydrogens (tertiary/aromatic N) is 5. The highest BCUT2D eigenvalue weighted by Gasteiger charge is 2.34. The largest absolute Gasteiger partial charge is 0.394 e. The highest BCUT2D eigenvalue weighted by Crippen LogP contribution is 2.24. The third-order valence-corrected chi connectivity index (χ3v) is 7.97. The van der Waals surface area contributed by atoms with Crippen LogP contribution in [0.5, 0.6) is 0 Å². The smallest absolute Gasteiger partial charge is 0.354 e. The number of urea groups is 1. The first-order valence-corrected chi connectivity index (χ1v) is 14.0. The van der Waals surface area contributed by atoms with Crippen LogP contribution >= 0.6 is 0 Å². The number of nitrogens with two attached hydrogens (primary N) is 2. The zero-order valence-electron chi connectivity index (χ0n) is 23.5. The van der Waals surface area contributed by atoms with Crippen molar-refractivity contribution in [2.45, 2.75) is 63.7 Å². The second-order valence-electron chi connectivity index (χ2n) is 11.0. The topological polar surface area (TPSA) is 163 Å². The molecule has 2 heterocycles. The first-order valence-electron chi connectivity index (χ1n) is 14.0. The zero-order chi connectivity index (χ0) is 28.9. The molecule has 3 amide bonds. The first kappa shape index (κ1) is 29.7. The Kier molecular flexibility index (Phi) is 9.56. The number of anilines is 1. The fraction of sp³-hybridized carbons (Fsp3) is 0.571. The fourth-order valence-corrected chi connectivity index (χ4v) is 5.36. The molecule has 12 nitrogen and oxygen atoms in total. The van der Waals surface area contributed by atoms with E-state index in [2.05, 4.69) is 22.1 Å². The highest BCUT2D eigenvalue weighted by atomic mass is 16.3. The molecule has 6 N–H and O–H groups in total. The minimum atomic E-state index is -1.35. The molecular weight excluding hydrogens is 512 g/mol. The summed E-state index contributed by atoms with van der Waals surface area (Å²) in [6.45, 7) is 6.23. The van der Waals surface area contributed by atoms with Crippen molar-refractivity contribution in [1.82, 2.24) is 24.3 Å². The molecule has 12 heteroatoms. The van der Waals surface area contributed by atoms with Crippen LogP contribution in [0.15, 0.2) is 41.3 Å². The number of benzene rings is 1. The van der Waals surface area contributed by atoms with Gasteiger partial charge >= 0.3 is 11.7 Å². The van der Waals surface area contributed by atoms with Crippen molar-refractivity contribution < 1.29 is 14.7 Å². The quantitative estimate of drug-likeness (QED) is 0.371. The van der Waals surface area contributed by atoms with Gasteiger partial charge in [0.2, 0.25) is 5.91 Å². The van der Waals surface area contributed by atoms with Crippen molar-refractivity contribution in [3.05, 3.63) is 52.6 Å². The van der Waals surface area contributed by atoms with Crippen molar-refractivity contribution in [2.75, 3.05) is 44.6 Å². The van der Waals surface area contributed by atoms with E-state index in [-0.39, 0.29) is 11.7 Å². The molecule has 2 aliphatic rings. The molecule has 1 aromatic heterocycles. The molecule has 1 aliphatic heterocycles. The summed E-state index contributed by atoms with van der Waals surface area (Å²) in [5.74, 6) is -0.201. The maximum atomic E-state index is 12.8. The number of hydrogen-bond donors (Lipinski definition) is 4. The van der Waals surface area contributed by atoms with Gasteiger partial charge in [-0.25, -0.2) is 9.59 Å². The lowest BCUT2D eigenvalue weighted by molar-refractivity contribution is -0.139. The van der Waals surface area contributed by atoms with Crippen LogP contribution < -0.4 is 22.5 Å². The summed E-state index contributed by atoms with van der Waals surface area (Å²) in [4.78, 5) is 47.6. The lowest BCUT2D eigenvalue weighted by Crippen LogP contribution is -2.60. The Morgan fingerprint density at radius 1 is 1.07 bits per heavy atom. The van der Waals surface area contributed by atoms with Gasteiger partial charge in [-0.2, -0.15) is 4.98 Å². The summed E-state index contributed by atoms with van der Waals surface area (Å²) in [6, 6.07) is 9.95. The van der Waals surface area contributed by atoms with Crippen molar-refractivity contribution in [2.24, 2.45) is 11.5 Å². The summed E-state index contributed by atoms with van der Waals surface area (Å²) < 4.78 is 1.44. The van der Waals surface area contributed by atoms with Crippen LogP contribution in [0.1, 0.15) is 45.1 Å². The van der Waals surface area contributed by atoms with Crippen molar-refractivity contribution >= 4 is 17.8 Å². The molecular formula is C28H42N8O4. The van der Waals surface area contributed by atoms with E-state index in [0.29, 0.717) is 44.0 Å². The Morgan fingerprint density at radius 3 is 2.27 bits per heavy atom. The van der Waals surface area contributed by atoms with E-state index >= 15 is 0 Å². The predicted octanol–water partition coefficient (Wildman–Crippen LogP) is 0.710. The molecule has 2 aromatic rings. The molecule has 0 spiro atoms. The van der Waals surface area contributed by atoms with E-state index in [9.17, 15) is 19.5 Å². The SMILES string of the molecule is CCN(Cc1ccc(-n2ccc(NC(=O)N3CCN(C(=O)[C@@](C)(N)CO)CC3)nc2=O)cc1)[C@H]1CC[C@H](N)CC1. The lowest BCUT2D eigenvalue weighted by atomic mass is 9.90. The van der Waals surface area contributed by atoms with Crippen LogP contribution in [0.4, 0.5) is 10.6 Å². The van der Waals surface area contributed by atoms with E-state index in [0.717, 1.165) is 38.8 Å². The summed E-state index contributed by atoms with van der Waals surface area (Å²) >= 11 is 0. The third kappa shape index (κ3) is 7.05. The standard InChI is InChI=1S/C28H42N8O4/c1-3-33(22-10-6-21(29)7-11-22)18-20-4-8-23(9-5-20)36-13-12-24(32-27(36)40)31-26(39)35-16-14-34(15-17-35)25(38)28(2,30)19-37/h4-5,8-9,12-13,21-22,37H,3,6-7,10-11,14-19,29-30H2,1-2H3,(H,31,32,39,40)/t21-,22-,28-/m0/s1. The Bertz CT molecular complexity index is 1220. The fourth-order valence-electron chi connectivity index (χ4n) is 5.36. The predicted molar refractivity (Wildman–Crippen MR) is 153 cm³/mol. The molecule has 2 fully saturated rings. The molecule has 4 rings (SSSR count). The number of amides is 3. The van der Waals surface area contributed by atoms with Crippen LogP contribution in [-0.4, -0.2) is 98.2 Å². The number of carbonyl (C=O) groups excluding carboxylic acids is 2. The van der Waals surface area contributed by atoms with E-state index in [1.54, 1.807) is 17.2 Å². The molecule has 1 aromatic carbocycles. The van der Waals surface area contributed by atoms with Gasteiger partial charge in [0.1, 0.15) is 11.4 Å². The number of piperazine rings is 1. The van der Waals surface area contributed by atoms with Gasteiger partial charge in [0.05, 0.1) is 12.3 Å². The van der Waals surface area contributed by atoms with E-state index in [1.165, 1.54) is 22.0 Å². The van der Waals surface area contributed by atoms with Crippen LogP contribution in [-0.2, 0) is 11.3 Å². The van der Waals surface area contributed by atoms with Gasteiger partial charge in [-0.3, -0.25) is 19.6 Å². The summed E-state index contributed by atoms with van der Waals surface area (Å²) in [5, 5.41) is 12.0.